The molecule has 23 heavy (non-hydrogen) atoms. The van der Waals surface area contributed by atoms with E-state index in [4.69, 9.17) is 0 Å². The topological polar surface area (TPSA) is 32.3 Å². The predicted octanol–water partition coefficient (Wildman–Crippen LogP) is 4.71. The van der Waals surface area contributed by atoms with Gasteiger partial charge >= 0.3 is 0 Å². The number of benzene rings is 3. The van der Waals surface area contributed by atoms with Crippen molar-refractivity contribution in [2.75, 3.05) is 17.3 Å². The zero-order valence-electron chi connectivity index (χ0n) is 12.9. The van der Waals surface area contributed by atoms with Gasteiger partial charge in [-0.3, -0.25) is 4.79 Å². The molecule has 3 aromatic carbocycles. The van der Waals surface area contributed by atoms with Crippen LogP contribution in [0.1, 0.15) is 10.4 Å². The Morgan fingerprint density at radius 2 is 1.35 bits per heavy atom. The number of amides is 1. The highest BCUT2D eigenvalue weighted by Gasteiger charge is 2.16. The van der Waals surface area contributed by atoms with Crippen LogP contribution >= 0.6 is 0 Å². The van der Waals surface area contributed by atoms with E-state index >= 15 is 0 Å². The lowest BCUT2D eigenvalue weighted by Crippen LogP contribution is -2.26. The first-order valence-corrected chi connectivity index (χ1v) is 7.50. The third-order valence-corrected chi connectivity index (χ3v) is 3.66. The van der Waals surface area contributed by atoms with E-state index in [1.54, 1.807) is 11.9 Å². The molecule has 3 rings (SSSR count). The lowest BCUT2D eigenvalue weighted by atomic mass is 10.1. The summed E-state index contributed by atoms with van der Waals surface area (Å²) < 4.78 is 0. The standard InChI is InChI=1S/C20H18N2O/c1-22(17-12-6-3-7-13-17)20(23)18-14-8-9-15-19(18)21-16-10-4-2-5-11-16/h2-15,21H,1H3. The van der Waals surface area contributed by atoms with Crippen molar-refractivity contribution in [3.8, 4) is 0 Å². The SMILES string of the molecule is CN(C(=O)c1ccccc1Nc1ccccc1)c1ccccc1. The monoisotopic (exact) mass is 302 g/mol. The third kappa shape index (κ3) is 3.40. The molecule has 0 aliphatic heterocycles. The molecule has 3 heteroatoms. The van der Waals surface area contributed by atoms with Gasteiger partial charge in [0.15, 0.2) is 0 Å². The molecule has 0 saturated carbocycles. The summed E-state index contributed by atoms with van der Waals surface area (Å²) in [7, 11) is 1.79. The first-order chi connectivity index (χ1) is 11.3. The molecule has 1 N–H and O–H groups in total. The Morgan fingerprint density at radius 1 is 0.783 bits per heavy atom. The van der Waals surface area contributed by atoms with Gasteiger partial charge in [0.2, 0.25) is 0 Å². The highest BCUT2D eigenvalue weighted by atomic mass is 16.2. The minimum absolute atomic E-state index is 0.0461. The van der Waals surface area contributed by atoms with Gasteiger partial charge in [-0.15, -0.1) is 0 Å². The summed E-state index contributed by atoms with van der Waals surface area (Å²) in [6.07, 6.45) is 0. The van der Waals surface area contributed by atoms with E-state index in [-0.39, 0.29) is 5.91 Å². The van der Waals surface area contributed by atoms with Crippen molar-refractivity contribution in [3.05, 3.63) is 90.5 Å². The molecule has 114 valence electrons. The second-order valence-corrected chi connectivity index (χ2v) is 5.24. The van der Waals surface area contributed by atoms with E-state index < -0.39 is 0 Å². The highest BCUT2D eigenvalue weighted by molar-refractivity contribution is 6.09. The van der Waals surface area contributed by atoms with Crippen molar-refractivity contribution in [3.63, 3.8) is 0 Å². The van der Waals surface area contributed by atoms with Crippen LogP contribution in [-0.4, -0.2) is 13.0 Å². The Kier molecular flexibility index (Phi) is 4.39. The second-order valence-electron chi connectivity index (χ2n) is 5.24. The largest absolute Gasteiger partial charge is 0.355 e. The van der Waals surface area contributed by atoms with E-state index in [0.29, 0.717) is 5.56 Å². The molecule has 0 fully saturated rings. The van der Waals surface area contributed by atoms with Crippen LogP contribution in [0.15, 0.2) is 84.9 Å². The molecule has 0 heterocycles. The fraction of sp³-hybridized carbons (Fsp3) is 0.0500. The van der Waals surface area contributed by atoms with Gasteiger partial charge < -0.3 is 10.2 Å². The summed E-state index contributed by atoms with van der Waals surface area (Å²) in [5, 5.41) is 3.31. The minimum atomic E-state index is -0.0461. The lowest BCUT2D eigenvalue weighted by Gasteiger charge is -2.19. The molecule has 0 aliphatic carbocycles. The Labute approximate surface area is 136 Å². The van der Waals surface area contributed by atoms with Crippen LogP contribution in [0, 0.1) is 0 Å². The first-order valence-electron chi connectivity index (χ1n) is 7.50. The molecular weight excluding hydrogens is 284 g/mol. The van der Waals surface area contributed by atoms with E-state index in [1.165, 1.54) is 0 Å². The number of hydrogen-bond acceptors (Lipinski definition) is 2. The van der Waals surface area contributed by atoms with Gasteiger partial charge in [0.05, 0.1) is 11.3 Å². The quantitative estimate of drug-likeness (QED) is 0.757. The zero-order chi connectivity index (χ0) is 16.1. The lowest BCUT2D eigenvalue weighted by molar-refractivity contribution is 0.0994. The summed E-state index contributed by atoms with van der Waals surface area (Å²) in [5.41, 5.74) is 3.26. The molecule has 0 bridgehead atoms. The molecule has 0 spiro atoms. The Morgan fingerprint density at radius 3 is 2.04 bits per heavy atom. The Bertz CT molecular complexity index is 785. The molecule has 3 aromatic rings. The summed E-state index contributed by atoms with van der Waals surface area (Å²) in [6.45, 7) is 0. The van der Waals surface area contributed by atoms with Crippen LogP contribution in [0.2, 0.25) is 0 Å². The molecular formula is C20H18N2O. The average Bonchev–Trinajstić information content (AvgIpc) is 2.62. The zero-order valence-corrected chi connectivity index (χ0v) is 12.9. The van der Waals surface area contributed by atoms with Gasteiger partial charge in [-0.25, -0.2) is 0 Å². The number of hydrogen-bond donors (Lipinski definition) is 1. The number of carbonyl (C=O) groups is 1. The number of nitrogens with one attached hydrogen (secondary N) is 1. The first kappa shape index (κ1) is 14.9. The van der Waals surface area contributed by atoms with E-state index in [0.717, 1.165) is 17.1 Å². The van der Waals surface area contributed by atoms with Crippen LogP contribution in [0.3, 0.4) is 0 Å². The maximum Gasteiger partial charge on any atom is 0.260 e. The Balaban J connectivity index is 1.89. The van der Waals surface area contributed by atoms with E-state index in [1.807, 2.05) is 84.9 Å². The van der Waals surface area contributed by atoms with Crippen molar-refractivity contribution >= 4 is 23.0 Å². The van der Waals surface area contributed by atoms with Crippen LogP contribution in [0.5, 0.6) is 0 Å². The van der Waals surface area contributed by atoms with Gasteiger partial charge in [0.1, 0.15) is 0 Å². The molecule has 0 radical (unpaired) electrons. The molecule has 0 aromatic heterocycles. The maximum atomic E-state index is 12.8. The van der Waals surface area contributed by atoms with E-state index in [2.05, 4.69) is 5.32 Å². The maximum absolute atomic E-state index is 12.8. The normalized spacial score (nSPS) is 10.1. The fourth-order valence-corrected chi connectivity index (χ4v) is 2.41. The van der Waals surface area contributed by atoms with Gasteiger partial charge in [-0.2, -0.15) is 0 Å². The van der Waals surface area contributed by atoms with Crippen molar-refractivity contribution in [2.24, 2.45) is 0 Å². The summed E-state index contributed by atoms with van der Waals surface area (Å²) in [5.74, 6) is -0.0461. The van der Waals surface area contributed by atoms with Crippen LogP contribution < -0.4 is 10.2 Å². The third-order valence-electron chi connectivity index (χ3n) is 3.66. The van der Waals surface area contributed by atoms with Crippen LogP contribution in [-0.2, 0) is 0 Å². The number of para-hydroxylation sites is 3. The average molecular weight is 302 g/mol. The number of carbonyl (C=O) groups excluding carboxylic acids is 1. The second kappa shape index (κ2) is 6.79. The molecule has 0 atom stereocenters. The molecule has 0 aliphatic rings. The molecule has 1 amide bonds. The van der Waals surface area contributed by atoms with Gasteiger partial charge in [-0.1, -0.05) is 48.5 Å². The number of rotatable bonds is 4. The van der Waals surface area contributed by atoms with Crippen molar-refractivity contribution in [2.45, 2.75) is 0 Å². The van der Waals surface area contributed by atoms with E-state index in [9.17, 15) is 4.79 Å². The highest BCUT2D eigenvalue weighted by Crippen LogP contribution is 2.23. The van der Waals surface area contributed by atoms with Crippen LogP contribution in [0.25, 0.3) is 0 Å². The van der Waals surface area contributed by atoms with Gasteiger partial charge in [0.25, 0.3) is 5.91 Å². The van der Waals surface area contributed by atoms with Crippen molar-refractivity contribution < 1.29 is 4.79 Å². The summed E-state index contributed by atoms with van der Waals surface area (Å²) >= 11 is 0. The summed E-state index contributed by atoms with van der Waals surface area (Å²) in [4.78, 5) is 14.5. The molecule has 3 nitrogen and oxygen atoms in total. The number of nitrogens with zero attached hydrogens (tertiary/aromatic N) is 1. The fourth-order valence-electron chi connectivity index (χ4n) is 2.41. The number of anilines is 3. The summed E-state index contributed by atoms with van der Waals surface area (Å²) in [6, 6.07) is 27.0. The molecule has 0 unspecified atom stereocenters. The molecule has 0 saturated heterocycles. The minimum Gasteiger partial charge on any atom is -0.355 e. The van der Waals surface area contributed by atoms with Gasteiger partial charge in [0, 0.05) is 18.4 Å². The van der Waals surface area contributed by atoms with Crippen LogP contribution in [0.4, 0.5) is 17.1 Å². The smallest absolute Gasteiger partial charge is 0.260 e. The van der Waals surface area contributed by atoms with Crippen molar-refractivity contribution in [1.82, 2.24) is 0 Å². The predicted molar refractivity (Wildman–Crippen MR) is 95.3 cm³/mol. The van der Waals surface area contributed by atoms with Gasteiger partial charge in [-0.05, 0) is 36.4 Å². The van der Waals surface area contributed by atoms with Crippen molar-refractivity contribution in [1.29, 1.82) is 0 Å². The Hall–Kier alpha value is -3.07.